The molecule has 3 aromatic rings. The molecule has 1 fully saturated rings. The maximum atomic E-state index is 13.7. The number of fused-ring (bicyclic) bond motifs is 3. The number of aryl methyl sites for hydroxylation is 1. The van der Waals surface area contributed by atoms with Gasteiger partial charge in [-0.15, -0.1) is 11.3 Å². The summed E-state index contributed by atoms with van der Waals surface area (Å²) < 4.78 is 7.60. The number of ether oxygens (including phenoxy) is 1. The highest BCUT2D eigenvalue weighted by Crippen LogP contribution is 2.36. The first kappa shape index (κ1) is 23.6. The van der Waals surface area contributed by atoms with Crippen molar-refractivity contribution in [2.75, 3.05) is 18.9 Å². The largest absolute Gasteiger partial charge is 0.376 e. The van der Waals surface area contributed by atoms with Crippen LogP contribution in [0, 0.1) is 5.92 Å². The van der Waals surface area contributed by atoms with Crippen LogP contribution in [0.5, 0.6) is 0 Å². The zero-order valence-corrected chi connectivity index (χ0v) is 21.2. The summed E-state index contributed by atoms with van der Waals surface area (Å²) in [4.78, 5) is 33.3. The fourth-order valence-corrected chi connectivity index (χ4v) is 7.10. The minimum atomic E-state index is -0.0433. The topological polar surface area (TPSA) is 73.2 Å². The summed E-state index contributed by atoms with van der Waals surface area (Å²) in [5.74, 6) is 0.835. The van der Waals surface area contributed by atoms with Crippen LogP contribution in [0.4, 0.5) is 0 Å². The maximum Gasteiger partial charge on any atom is 0.263 e. The van der Waals surface area contributed by atoms with Gasteiger partial charge in [-0.2, -0.15) is 0 Å². The lowest BCUT2D eigenvalue weighted by Crippen LogP contribution is -2.30. The van der Waals surface area contributed by atoms with Crippen LogP contribution in [0.15, 0.2) is 40.3 Å². The average molecular weight is 498 g/mol. The van der Waals surface area contributed by atoms with Gasteiger partial charge >= 0.3 is 0 Å². The molecule has 3 heterocycles. The van der Waals surface area contributed by atoms with E-state index in [4.69, 9.17) is 9.72 Å². The van der Waals surface area contributed by atoms with E-state index >= 15 is 0 Å². The summed E-state index contributed by atoms with van der Waals surface area (Å²) in [5.41, 5.74) is 2.43. The third-order valence-electron chi connectivity index (χ3n) is 6.70. The third kappa shape index (κ3) is 5.24. The molecule has 2 atom stereocenters. The molecule has 1 N–H and O–H groups in total. The van der Waals surface area contributed by atoms with Crippen molar-refractivity contribution in [1.29, 1.82) is 0 Å². The van der Waals surface area contributed by atoms with Gasteiger partial charge in [-0.1, -0.05) is 49.0 Å². The van der Waals surface area contributed by atoms with Gasteiger partial charge in [0.25, 0.3) is 5.56 Å². The van der Waals surface area contributed by atoms with Crippen LogP contribution in [0.3, 0.4) is 0 Å². The van der Waals surface area contributed by atoms with Crippen LogP contribution >= 0.6 is 23.1 Å². The highest BCUT2D eigenvalue weighted by Gasteiger charge is 2.26. The van der Waals surface area contributed by atoms with Crippen LogP contribution < -0.4 is 10.9 Å². The zero-order valence-electron chi connectivity index (χ0n) is 19.5. The summed E-state index contributed by atoms with van der Waals surface area (Å²) in [6, 6.07) is 10.1. The van der Waals surface area contributed by atoms with E-state index in [0.29, 0.717) is 24.2 Å². The van der Waals surface area contributed by atoms with Crippen LogP contribution in [-0.4, -0.2) is 40.5 Å². The molecule has 0 saturated carbocycles. The monoisotopic (exact) mass is 497 g/mol. The highest BCUT2D eigenvalue weighted by molar-refractivity contribution is 7.99. The standard InChI is InChI=1S/C26H31N3O3S2/c1-17-9-10-20-21(14-17)34-24-23(20)25(31)29(15-19-8-5-13-32-19)26(28-24)33-16-22(30)27-12-11-18-6-3-2-4-7-18/h2-4,6-7,17,19H,5,8-16H2,1H3,(H,27,30). The first-order valence-corrected chi connectivity index (χ1v) is 14.0. The molecular weight excluding hydrogens is 466 g/mol. The molecule has 0 radical (unpaired) electrons. The SMILES string of the molecule is CC1CCc2c(sc3nc(SCC(=O)NCCc4ccccc4)n(CC4CCCO4)c(=O)c23)C1. The smallest absolute Gasteiger partial charge is 0.263 e. The zero-order chi connectivity index (χ0) is 23.5. The Morgan fingerprint density at radius 1 is 1.29 bits per heavy atom. The minimum Gasteiger partial charge on any atom is -0.376 e. The second-order valence-corrected chi connectivity index (χ2v) is 11.4. The molecule has 2 aromatic heterocycles. The van der Waals surface area contributed by atoms with Crippen LogP contribution in [0.2, 0.25) is 0 Å². The number of benzene rings is 1. The summed E-state index contributed by atoms with van der Waals surface area (Å²) in [6.45, 7) is 4.11. The quantitative estimate of drug-likeness (QED) is 0.373. The third-order valence-corrected chi connectivity index (χ3v) is 8.83. The van der Waals surface area contributed by atoms with E-state index in [1.165, 1.54) is 27.8 Å². The van der Waals surface area contributed by atoms with Gasteiger partial charge in [0, 0.05) is 18.0 Å². The van der Waals surface area contributed by atoms with Gasteiger partial charge < -0.3 is 10.1 Å². The molecule has 8 heteroatoms. The van der Waals surface area contributed by atoms with Gasteiger partial charge in [-0.05, 0) is 55.6 Å². The number of aromatic nitrogens is 2. The van der Waals surface area contributed by atoms with Gasteiger partial charge in [-0.3, -0.25) is 14.2 Å². The number of amides is 1. The highest BCUT2D eigenvalue weighted by atomic mass is 32.2. The lowest BCUT2D eigenvalue weighted by atomic mass is 9.89. The molecule has 34 heavy (non-hydrogen) atoms. The fraction of sp³-hybridized carbons (Fsp3) is 0.500. The molecular formula is C26H31N3O3S2. The number of carbonyl (C=O) groups excluding carboxylic acids is 1. The predicted octanol–water partition coefficient (Wildman–Crippen LogP) is 4.21. The van der Waals surface area contributed by atoms with Crippen molar-refractivity contribution >= 4 is 39.2 Å². The number of carbonyl (C=O) groups is 1. The number of thioether (sulfide) groups is 1. The first-order valence-electron chi connectivity index (χ1n) is 12.2. The summed E-state index contributed by atoms with van der Waals surface area (Å²) in [5, 5.41) is 4.41. The molecule has 5 rings (SSSR count). The van der Waals surface area contributed by atoms with Crippen molar-refractivity contribution in [1.82, 2.24) is 14.9 Å². The van der Waals surface area contributed by atoms with Crippen LogP contribution in [-0.2, 0) is 35.3 Å². The average Bonchev–Trinajstić information content (AvgIpc) is 3.47. The number of hydrogen-bond acceptors (Lipinski definition) is 6. The van der Waals surface area contributed by atoms with E-state index in [9.17, 15) is 9.59 Å². The molecule has 1 aliphatic carbocycles. The molecule has 2 unspecified atom stereocenters. The Labute approximate surface area is 208 Å². The normalized spacial score (nSPS) is 19.9. The Morgan fingerprint density at radius 2 is 2.15 bits per heavy atom. The number of nitrogens with zero attached hydrogens (tertiary/aromatic N) is 2. The van der Waals surface area contributed by atoms with Gasteiger partial charge in [0.15, 0.2) is 5.16 Å². The van der Waals surface area contributed by atoms with Crippen molar-refractivity contribution < 1.29 is 9.53 Å². The number of hydrogen-bond donors (Lipinski definition) is 1. The maximum absolute atomic E-state index is 13.7. The first-order chi connectivity index (χ1) is 16.6. The molecule has 1 aliphatic heterocycles. The Kier molecular flexibility index (Phi) is 7.37. The molecule has 180 valence electrons. The fourth-order valence-electron chi connectivity index (χ4n) is 4.84. The van der Waals surface area contributed by atoms with Gasteiger partial charge in [0.05, 0.1) is 23.8 Å². The molecule has 1 aromatic carbocycles. The lowest BCUT2D eigenvalue weighted by molar-refractivity contribution is -0.118. The Morgan fingerprint density at radius 3 is 2.94 bits per heavy atom. The summed E-state index contributed by atoms with van der Waals surface area (Å²) in [7, 11) is 0. The van der Waals surface area contributed by atoms with Crippen molar-refractivity contribution in [2.45, 2.75) is 63.3 Å². The van der Waals surface area contributed by atoms with Crippen molar-refractivity contribution in [3.63, 3.8) is 0 Å². The number of rotatable bonds is 8. The second-order valence-electron chi connectivity index (χ2n) is 9.35. The summed E-state index contributed by atoms with van der Waals surface area (Å²) >= 11 is 3.01. The molecule has 0 spiro atoms. The van der Waals surface area contributed by atoms with Crippen LogP contribution in [0.1, 0.15) is 42.2 Å². The van der Waals surface area contributed by atoms with E-state index in [-0.39, 0.29) is 23.3 Å². The van der Waals surface area contributed by atoms with E-state index < -0.39 is 0 Å². The molecule has 0 bridgehead atoms. The number of nitrogens with one attached hydrogen (secondary N) is 1. The van der Waals surface area contributed by atoms with E-state index in [2.05, 4.69) is 24.4 Å². The van der Waals surface area contributed by atoms with Gasteiger partial charge in [0.2, 0.25) is 5.91 Å². The number of thiophene rings is 1. The van der Waals surface area contributed by atoms with Gasteiger partial charge in [-0.25, -0.2) is 4.98 Å². The lowest BCUT2D eigenvalue weighted by Gasteiger charge is -2.18. The van der Waals surface area contributed by atoms with Crippen molar-refractivity contribution in [3.05, 3.63) is 56.7 Å². The Balaban J connectivity index is 1.34. The summed E-state index contributed by atoms with van der Waals surface area (Å²) in [6.07, 6.45) is 5.89. The second kappa shape index (κ2) is 10.6. The van der Waals surface area contributed by atoms with E-state index in [1.54, 1.807) is 15.9 Å². The van der Waals surface area contributed by atoms with Crippen molar-refractivity contribution in [2.24, 2.45) is 5.92 Å². The predicted molar refractivity (Wildman–Crippen MR) is 138 cm³/mol. The van der Waals surface area contributed by atoms with Crippen molar-refractivity contribution in [3.8, 4) is 0 Å². The molecule has 1 amide bonds. The molecule has 1 saturated heterocycles. The Hall–Kier alpha value is -2.16. The molecule has 2 aliphatic rings. The van der Waals surface area contributed by atoms with Crippen LogP contribution in [0.25, 0.3) is 10.2 Å². The van der Waals surface area contributed by atoms with E-state index in [0.717, 1.165) is 55.3 Å². The van der Waals surface area contributed by atoms with E-state index in [1.807, 2.05) is 18.2 Å². The van der Waals surface area contributed by atoms with Gasteiger partial charge in [0.1, 0.15) is 4.83 Å². The Bertz CT molecular complexity index is 1220. The molecule has 6 nitrogen and oxygen atoms in total. The minimum absolute atomic E-state index is 0.0274.